The number of hydrogen-bond donors (Lipinski definition) is 0. The third-order valence-electron chi connectivity index (χ3n) is 1.14. The van der Waals surface area contributed by atoms with Crippen LogP contribution < -0.4 is 29.6 Å². The zero-order valence-electron chi connectivity index (χ0n) is 7.93. The first-order valence-electron chi connectivity index (χ1n) is 2.84. The molecule has 13 heavy (non-hydrogen) atoms. The van der Waals surface area contributed by atoms with E-state index in [-0.39, 0.29) is 31.0 Å². The molecule has 0 radical (unpaired) electrons. The molecule has 76 valence electrons. The van der Waals surface area contributed by atoms with Crippen LogP contribution in [-0.4, -0.2) is 19.8 Å². The van der Waals surface area contributed by atoms with E-state index in [9.17, 15) is 26.1 Å². The molecule has 0 aliphatic carbocycles. The van der Waals surface area contributed by atoms with Gasteiger partial charge in [0.15, 0.2) is 0 Å². The van der Waals surface area contributed by atoms with Crippen molar-refractivity contribution in [2.24, 2.45) is 0 Å². The first kappa shape index (κ1) is 16.1. The second-order valence-electron chi connectivity index (χ2n) is 1.99. The summed E-state index contributed by atoms with van der Waals surface area (Å²) in [6, 6.07) is 0. The monoisotopic (exact) mass is 234 g/mol. The van der Waals surface area contributed by atoms with Crippen LogP contribution in [-0.2, 0) is 14.5 Å². The number of rotatable bonds is 4. The SMILES string of the molecule is CCC(F)(F)C(F)S(=O)(=O)OF.[H-].[Na+]. The van der Waals surface area contributed by atoms with Crippen LogP contribution in [0.2, 0.25) is 0 Å². The third kappa shape index (κ3) is 4.11. The van der Waals surface area contributed by atoms with Crippen molar-refractivity contribution in [1.82, 2.24) is 0 Å². The molecular formula is C4H7F4NaO3S. The largest absolute Gasteiger partial charge is 1.00 e. The minimum Gasteiger partial charge on any atom is -1.00 e. The van der Waals surface area contributed by atoms with Crippen LogP contribution in [0.4, 0.5) is 17.7 Å². The maximum Gasteiger partial charge on any atom is 1.00 e. The normalized spacial score (nSPS) is 14.8. The van der Waals surface area contributed by atoms with Crippen LogP contribution in [0, 0.1) is 0 Å². The zero-order valence-corrected chi connectivity index (χ0v) is 9.75. The molecule has 0 saturated carbocycles. The molecule has 0 saturated heterocycles. The fraction of sp³-hybridized carbons (Fsp3) is 1.00. The summed E-state index contributed by atoms with van der Waals surface area (Å²) in [5.74, 6) is -4.13. The van der Waals surface area contributed by atoms with Gasteiger partial charge in [-0.15, -0.1) is 0 Å². The summed E-state index contributed by atoms with van der Waals surface area (Å²) in [4.78, 5) is 0. The van der Waals surface area contributed by atoms with Gasteiger partial charge in [-0.3, -0.25) is 0 Å². The Balaban J connectivity index is -0.000000605. The summed E-state index contributed by atoms with van der Waals surface area (Å²) in [7, 11) is -5.45. The molecule has 0 amide bonds. The molecule has 0 aliphatic heterocycles. The van der Waals surface area contributed by atoms with Crippen molar-refractivity contribution in [3.05, 3.63) is 0 Å². The molecular weight excluding hydrogens is 227 g/mol. The predicted octanol–water partition coefficient (Wildman–Crippen LogP) is -1.33. The first-order chi connectivity index (χ1) is 5.28. The summed E-state index contributed by atoms with van der Waals surface area (Å²) in [6.45, 7) is 0.861. The molecule has 3 nitrogen and oxygen atoms in total. The van der Waals surface area contributed by atoms with E-state index in [4.69, 9.17) is 0 Å². The molecule has 0 spiro atoms. The summed E-state index contributed by atoms with van der Waals surface area (Å²) in [5, 5.41) is 0. The van der Waals surface area contributed by atoms with Gasteiger partial charge in [-0.1, -0.05) is 11.3 Å². The van der Waals surface area contributed by atoms with Crippen molar-refractivity contribution >= 4 is 10.1 Å². The Bertz CT molecular complexity index is 247. The average molecular weight is 234 g/mol. The standard InChI is InChI=1S/C4H6F4O3S.Na.H/c1-2-4(6,7)3(5)12(9,10)11-8;;/h3H,2H2,1H3;;/q;+1;-1. The maximum atomic E-state index is 12.3. The predicted molar refractivity (Wildman–Crippen MR) is 32.4 cm³/mol. The van der Waals surface area contributed by atoms with Crippen LogP contribution in [0.5, 0.6) is 0 Å². The van der Waals surface area contributed by atoms with Crippen molar-refractivity contribution in [2.45, 2.75) is 24.8 Å². The van der Waals surface area contributed by atoms with Crippen molar-refractivity contribution < 1.29 is 61.5 Å². The van der Waals surface area contributed by atoms with E-state index in [1.807, 2.05) is 0 Å². The smallest absolute Gasteiger partial charge is 1.00 e. The van der Waals surface area contributed by atoms with E-state index in [1.165, 1.54) is 0 Å². The van der Waals surface area contributed by atoms with Gasteiger partial charge in [-0.2, -0.15) is 8.42 Å². The molecule has 0 heterocycles. The Kier molecular flexibility index (Phi) is 6.80. The van der Waals surface area contributed by atoms with Crippen LogP contribution in [0.25, 0.3) is 0 Å². The van der Waals surface area contributed by atoms with Crippen molar-refractivity contribution in [3.63, 3.8) is 0 Å². The first-order valence-corrected chi connectivity index (χ1v) is 4.31. The van der Waals surface area contributed by atoms with Crippen LogP contribution in [0.1, 0.15) is 14.8 Å². The summed E-state index contributed by atoms with van der Waals surface area (Å²) < 4.78 is 69.9. The number of alkyl halides is 3. The molecule has 0 aliphatic rings. The molecule has 0 aromatic rings. The van der Waals surface area contributed by atoms with E-state index < -0.39 is 28.0 Å². The summed E-state index contributed by atoms with van der Waals surface area (Å²) in [6.07, 6.45) is -1.06. The van der Waals surface area contributed by atoms with Gasteiger partial charge in [0, 0.05) is 6.42 Å². The molecule has 0 rings (SSSR count). The van der Waals surface area contributed by atoms with Gasteiger partial charge >= 0.3 is 39.7 Å². The quantitative estimate of drug-likeness (QED) is 0.447. The third-order valence-corrected chi connectivity index (χ3v) is 2.17. The minimum absolute atomic E-state index is 0. The Morgan fingerprint density at radius 3 is 2.15 bits per heavy atom. The van der Waals surface area contributed by atoms with E-state index >= 15 is 0 Å². The molecule has 1 unspecified atom stereocenters. The molecule has 0 aromatic carbocycles. The Hall–Kier alpha value is 0.630. The zero-order chi connectivity index (χ0) is 9.99. The van der Waals surface area contributed by atoms with E-state index in [1.54, 1.807) is 0 Å². The van der Waals surface area contributed by atoms with Gasteiger partial charge in [-0.25, -0.2) is 13.2 Å². The number of hydrogen-bond acceptors (Lipinski definition) is 3. The van der Waals surface area contributed by atoms with Crippen LogP contribution >= 0.6 is 0 Å². The van der Waals surface area contributed by atoms with Crippen LogP contribution in [0.3, 0.4) is 0 Å². The summed E-state index contributed by atoms with van der Waals surface area (Å²) in [5.41, 5.74) is -3.67. The molecule has 0 fully saturated rings. The topological polar surface area (TPSA) is 43.4 Å². The molecule has 1 atom stereocenters. The van der Waals surface area contributed by atoms with Crippen molar-refractivity contribution in [2.75, 3.05) is 0 Å². The minimum atomic E-state index is -5.45. The fourth-order valence-electron chi connectivity index (χ4n) is 0.404. The summed E-state index contributed by atoms with van der Waals surface area (Å²) >= 11 is 0. The Morgan fingerprint density at radius 2 is 1.92 bits per heavy atom. The molecule has 0 aromatic heterocycles. The maximum absolute atomic E-state index is 12.3. The average Bonchev–Trinajstić information content (AvgIpc) is 2.03. The Morgan fingerprint density at radius 1 is 1.54 bits per heavy atom. The van der Waals surface area contributed by atoms with Gasteiger partial charge in [-0.05, 0) is 4.53 Å². The van der Waals surface area contributed by atoms with Crippen molar-refractivity contribution in [1.29, 1.82) is 0 Å². The van der Waals surface area contributed by atoms with Gasteiger partial charge in [0.05, 0.1) is 0 Å². The van der Waals surface area contributed by atoms with E-state index in [2.05, 4.69) is 4.39 Å². The van der Waals surface area contributed by atoms with Gasteiger partial charge < -0.3 is 1.43 Å². The van der Waals surface area contributed by atoms with Gasteiger partial charge in [0.25, 0.3) is 11.4 Å². The van der Waals surface area contributed by atoms with Crippen LogP contribution in [0.15, 0.2) is 0 Å². The second-order valence-corrected chi connectivity index (χ2v) is 3.51. The fourth-order valence-corrected chi connectivity index (χ4v) is 1.06. The Labute approximate surface area is 96.2 Å². The number of halogens is 4. The second kappa shape index (κ2) is 5.50. The van der Waals surface area contributed by atoms with Crippen molar-refractivity contribution in [3.8, 4) is 0 Å². The molecule has 0 bridgehead atoms. The van der Waals surface area contributed by atoms with Gasteiger partial charge in [0.1, 0.15) is 0 Å². The molecule has 9 heteroatoms. The van der Waals surface area contributed by atoms with E-state index in [0.717, 1.165) is 6.92 Å². The van der Waals surface area contributed by atoms with E-state index in [0.29, 0.717) is 0 Å². The molecule has 0 N–H and O–H groups in total. The van der Waals surface area contributed by atoms with Gasteiger partial charge in [0.2, 0.25) is 0 Å².